The smallest absolute Gasteiger partial charge is 0.218 e. The zero-order valence-electron chi connectivity index (χ0n) is 12.2. The van der Waals surface area contributed by atoms with Crippen LogP contribution in [0.3, 0.4) is 0 Å². The molecule has 0 atom stereocenters. The lowest BCUT2D eigenvalue weighted by atomic mass is 10.0. The van der Waals surface area contributed by atoms with Crippen molar-refractivity contribution in [2.45, 2.75) is 0 Å². The van der Waals surface area contributed by atoms with E-state index >= 15 is 0 Å². The number of anilines is 2. The minimum absolute atomic E-state index is 0.307. The second-order valence-corrected chi connectivity index (χ2v) is 4.22. The van der Waals surface area contributed by atoms with Crippen molar-refractivity contribution in [3.8, 4) is 11.5 Å². The highest BCUT2D eigenvalue weighted by atomic mass is 16.5. The first-order valence-electron chi connectivity index (χ1n) is 6.25. The van der Waals surface area contributed by atoms with Crippen molar-refractivity contribution in [3.05, 3.63) is 35.7 Å². The van der Waals surface area contributed by atoms with Gasteiger partial charge in [0.25, 0.3) is 0 Å². The third-order valence-corrected chi connectivity index (χ3v) is 3.08. The second-order valence-electron chi connectivity index (χ2n) is 4.22. The van der Waals surface area contributed by atoms with E-state index in [1.165, 1.54) is 6.33 Å². The van der Waals surface area contributed by atoms with E-state index in [-0.39, 0.29) is 0 Å². The van der Waals surface area contributed by atoms with E-state index < -0.39 is 0 Å². The minimum Gasteiger partial charge on any atom is -0.493 e. The molecule has 7 nitrogen and oxygen atoms in total. The SMILES string of the molecule is CNc1ncnc(N)c1C(=[NH2+])c1ccc(OC)c(OC)c1. The largest absolute Gasteiger partial charge is 0.493 e. The Kier molecular flexibility index (Phi) is 4.22. The lowest BCUT2D eigenvalue weighted by molar-refractivity contribution is -0.111. The summed E-state index contributed by atoms with van der Waals surface area (Å²) in [5.41, 5.74) is 7.67. The molecule has 0 radical (unpaired) electrons. The fourth-order valence-corrected chi connectivity index (χ4v) is 2.00. The van der Waals surface area contributed by atoms with Crippen molar-refractivity contribution in [2.24, 2.45) is 0 Å². The zero-order chi connectivity index (χ0) is 15.4. The lowest BCUT2D eigenvalue weighted by Crippen LogP contribution is -2.42. The first-order chi connectivity index (χ1) is 10.1. The number of nitrogens with zero attached hydrogens (tertiary/aromatic N) is 2. The Balaban J connectivity index is 2.50. The maximum absolute atomic E-state index is 6.23. The summed E-state index contributed by atoms with van der Waals surface area (Å²) in [5, 5.41) is 9.18. The van der Waals surface area contributed by atoms with Crippen LogP contribution in [0.1, 0.15) is 11.1 Å². The lowest BCUT2D eigenvalue weighted by Gasteiger charge is -2.10. The zero-order valence-corrected chi connectivity index (χ0v) is 12.2. The Morgan fingerprint density at radius 1 is 1.19 bits per heavy atom. The van der Waals surface area contributed by atoms with Crippen molar-refractivity contribution in [2.75, 3.05) is 32.3 Å². The van der Waals surface area contributed by atoms with E-state index in [1.54, 1.807) is 33.4 Å². The number of hydrogen-bond acceptors (Lipinski definition) is 6. The average Bonchev–Trinajstić information content (AvgIpc) is 2.53. The molecule has 1 heterocycles. The van der Waals surface area contributed by atoms with Gasteiger partial charge in [-0.05, 0) is 18.2 Å². The minimum atomic E-state index is 0.307. The van der Waals surface area contributed by atoms with Crippen LogP contribution in [-0.2, 0) is 0 Å². The molecule has 0 aliphatic rings. The molecule has 1 aromatic carbocycles. The normalized spacial score (nSPS) is 10.0. The number of benzene rings is 1. The third kappa shape index (κ3) is 2.71. The third-order valence-electron chi connectivity index (χ3n) is 3.08. The summed E-state index contributed by atoms with van der Waals surface area (Å²) in [6, 6.07) is 5.38. The molecule has 1 aromatic heterocycles. The van der Waals surface area contributed by atoms with Gasteiger partial charge >= 0.3 is 0 Å². The molecular formula is C14H18N5O2+. The summed E-state index contributed by atoms with van der Waals surface area (Å²) in [6.07, 6.45) is 1.38. The first-order valence-corrected chi connectivity index (χ1v) is 6.25. The monoisotopic (exact) mass is 288 g/mol. The van der Waals surface area contributed by atoms with Crippen molar-refractivity contribution in [1.29, 1.82) is 0 Å². The molecule has 0 spiro atoms. The predicted octanol–water partition coefficient (Wildman–Crippen LogP) is -0.286. The van der Waals surface area contributed by atoms with Crippen LogP contribution >= 0.6 is 0 Å². The van der Waals surface area contributed by atoms with Gasteiger partial charge in [0.05, 0.1) is 19.8 Å². The van der Waals surface area contributed by atoms with Crippen LogP contribution in [0.4, 0.5) is 11.6 Å². The molecule has 21 heavy (non-hydrogen) atoms. The molecule has 0 saturated carbocycles. The Bertz CT molecular complexity index is 672. The van der Waals surface area contributed by atoms with Crippen molar-refractivity contribution >= 4 is 17.3 Å². The standard InChI is InChI=1S/C14H17N5O2/c1-17-14-11(13(16)18-7-19-14)12(15)8-4-5-9(20-2)10(6-8)21-3/h4-7,15H,1-3H3,(H3,16,17,18,19)/p+1. The molecule has 0 aliphatic heterocycles. The number of aromatic nitrogens is 2. The molecule has 0 amide bonds. The molecular weight excluding hydrogens is 270 g/mol. The molecule has 0 saturated heterocycles. The fourth-order valence-electron chi connectivity index (χ4n) is 2.00. The molecule has 2 rings (SSSR count). The Hall–Kier alpha value is -2.83. The van der Waals surface area contributed by atoms with Crippen LogP contribution in [0.15, 0.2) is 24.5 Å². The van der Waals surface area contributed by atoms with Crippen molar-refractivity contribution < 1.29 is 14.9 Å². The van der Waals surface area contributed by atoms with Crippen molar-refractivity contribution in [3.63, 3.8) is 0 Å². The summed E-state index contributed by atoms with van der Waals surface area (Å²) in [7, 11) is 4.89. The summed E-state index contributed by atoms with van der Waals surface area (Å²) < 4.78 is 10.5. The highest BCUT2D eigenvalue weighted by molar-refractivity contribution is 6.14. The maximum atomic E-state index is 6.23. The number of nitrogen functional groups attached to an aromatic ring is 1. The molecule has 0 fully saturated rings. The number of rotatable bonds is 5. The van der Waals surface area contributed by atoms with Gasteiger partial charge in [-0.25, -0.2) is 9.97 Å². The molecule has 2 aromatic rings. The predicted molar refractivity (Wildman–Crippen MR) is 80.7 cm³/mol. The molecule has 0 bridgehead atoms. The highest BCUT2D eigenvalue weighted by Gasteiger charge is 2.21. The summed E-state index contributed by atoms with van der Waals surface area (Å²) in [4.78, 5) is 8.10. The number of methoxy groups -OCH3 is 2. The number of ether oxygens (including phenoxy) is 2. The van der Waals surface area contributed by atoms with Crippen LogP contribution in [-0.4, -0.2) is 36.9 Å². The Morgan fingerprint density at radius 2 is 1.90 bits per heavy atom. The molecule has 0 unspecified atom stereocenters. The van der Waals surface area contributed by atoms with Gasteiger partial charge in [0, 0.05) is 7.05 Å². The Labute approximate surface area is 122 Å². The van der Waals surface area contributed by atoms with Gasteiger partial charge < -0.3 is 20.5 Å². The van der Waals surface area contributed by atoms with Gasteiger partial charge in [0.2, 0.25) is 5.71 Å². The molecule has 110 valence electrons. The first kappa shape index (κ1) is 14.6. The fraction of sp³-hybridized carbons (Fsp3) is 0.214. The summed E-state index contributed by atoms with van der Waals surface area (Å²) >= 11 is 0. The van der Waals surface area contributed by atoms with Crippen molar-refractivity contribution in [1.82, 2.24) is 9.97 Å². The van der Waals surface area contributed by atoms with E-state index in [0.29, 0.717) is 34.4 Å². The summed E-state index contributed by atoms with van der Waals surface area (Å²) in [6.45, 7) is 0. The van der Waals surface area contributed by atoms with Gasteiger partial charge in [-0.1, -0.05) is 0 Å². The summed E-state index contributed by atoms with van der Waals surface area (Å²) in [5.74, 6) is 2.08. The number of nitrogens with one attached hydrogen (secondary N) is 1. The van der Waals surface area contributed by atoms with Gasteiger partial charge in [0.15, 0.2) is 11.5 Å². The average molecular weight is 288 g/mol. The second kappa shape index (κ2) is 6.08. The van der Waals surface area contributed by atoms with Crippen LogP contribution in [0, 0.1) is 0 Å². The quantitative estimate of drug-likeness (QED) is 0.653. The number of hydrogen-bond donors (Lipinski definition) is 3. The van der Waals surface area contributed by atoms with E-state index in [4.69, 9.17) is 20.6 Å². The highest BCUT2D eigenvalue weighted by Crippen LogP contribution is 2.29. The van der Waals surface area contributed by atoms with Crippen LogP contribution in [0.25, 0.3) is 0 Å². The topological polar surface area (TPSA) is 108 Å². The van der Waals surface area contributed by atoms with E-state index in [9.17, 15) is 0 Å². The van der Waals surface area contributed by atoms with Gasteiger partial charge in [0.1, 0.15) is 23.5 Å². The van der Waals surface area contributed by atoms with Crippen LogP contribution in [0.2, 0.25) is 0 Å². The van der Waals surface area contributed by atoms with Gasteiger partial charge in [-0.3, -0.25) is 5.41 Å². The van der Waals surface area contributed by atoms with Crippen LogP contribution < -0.4 is 25.9 Å². The van der Waals surface area contributed by atoms with E-state index in [2.05, 4.69) is 15.3 Å². The van der Waals surface area contributed by atoms with E-state index in [0.717, 1.165) is 5.56 Å². The van der Waals surface area contributed by atoms with Gasteiger partial charge in [-0.2, -0.15) is 0 Å². The van der Waals surface area contributed by atoms with E-state index in [1.807, 2.05) is 6.07 Å². The molecule has 5 N–H and O–H groups in total. The maximum Gasteiger partial charge on any atom is 0.218 e. The van der Waals surface area contributed by atoms with Crippen LogP contribution in [0.5, 0.6) is 11.5 Å². The number of nitrogens with two attached hydrogens (primary N) is 2. The molecule has 7 heteroatoms. The Morgan fingerprint density at radius 3 is 2.52 bits per heavy atom. The molecule has 0 aliphatic carbocycles. The van der Waals surface area contributed by atoms with Gasteiger partial charge in [-0.15, -0.1) is 0 Å².